The minimum Gasteiger partial charge on any atom is -0.486 e. The van der Waals surface area contributed by atoms with Crippen LogP contribution in [0.15, 0.2) is 18.2 Å². The van der Waals surface area contributed by atoms with Crippen LogP contribution in [0, 0.1) is 5.92 Å². The Labute approximate surface area is 108 Å². The molecule has 1 aromatic carbocycles. The van der Waals surface area contributed by atoms with Crippen LogP contribution in [0.25, 0.3) is 0 Å². The van der Waals surface area contributed by atoms with E-state index in [1.165, 1.54) is 36.8 Å². The predicted octanol–water partition coefficient (Wildman–Crippen LogP) is 1.65. The lowest BCUT2D eigenvalue weighted by atomic mass is 10.1. The maximum absolute atomic E-state index is 9.42. The van der Waals surface area contributed by atoms with Crippen LogP contribution in [0.1, 0.15) is 30.4 Å². The highest BCUT2D eigenvalue weighted by Gasteiger charge is 2.34. The molecule has 2 unspecified atom stereocenters. The van der Waals surface area contributed by atoms with Crippen molar-refractivity contribution in [3.63, 3.8) is 0 Å². The van der Waals surface area contributed by atoms with Gasteiger partial charge in [-0.3, -0.25) is 0 Å². The number of benzene rings is 1. The van der Waals surface area contributed by atoms with Crippen LogP contribution in [-0.2, 0) is 12.8 Å². The van der Waals surface area contributed by atoms with Crippen molar-refractivity contribution in [1.29, 1.82) is 0 Å². The lowest BCUT2D eigenvalue weighted by molar-refractivity contribution is 0.0882. The zero-order valence-electron chi connectivity index (χ0n) is 10.6. The van der Waals surface area contributed by atoms with Gasteiger partial charge >= 0.3 is 0 Å². The summed E-state index contributed by atoms with van der Waals surface area (Å²) < 4.78 is 5.88. The third-order valence-corrected chi connectivity index (χ3v) is 4.13. The summed E-state index contributed by atoms with van der Waals surface area (Å²) in [5.74, 6) is 1.39. The Bertz CT molecular complexity index is 429. The van der Waals surface area contributed by atoms with Gasteiger partial charge in [0.1, 0.15) is 11.9 Å². The third kappa shape index (κ3) is 2.38. The molecular formula is C15H21NO2. The molecule has 0 saturated heterocycles. The SMILES string of the molecule is NC(C1CC1)C(CO)Oc1ccc2c(c1)CCC2. The highest BCUT2D eigenvalue weighted by Crippen LogP contribution is 2.34. The van der Waals surface area contributed by atoms with Crippen molar-refractivity contribution in [2.24, 2.45) is 11.7 Å². The van der Waals surface area contributed by atoms with Crippen LogP contribution >= 0.6 is 0 Å². The van der Waals surface area contributed by atoms with E-state index in [9.17, 15) is 5.11 Å². The van der Waals surface area contributed by atoms with Crippen LogP contribution in [0.5, 0.6) is 5.75 Å². The standard InChI is InChI=1S/C15H21NO2/c16-15(11-4-5-11)14(9-17)18-13-7-6-10-2-1-3-12(10)8-13/h6-8,11,14-15,17H,1-5,9,16H2. The van der Waals surface area contributed by atoms with Crippen molar-refractivity contribution in [1.82, 2.24) is 0 Å². The molecule has 0 spiro atoms. The second kappa shape index (κ2) is 4.90. The van der Waals surface area contributed by atoms with Crippen molar-refractivity contribution in [3.05, 3.63) is 29.3 Å². The number of aryl methyl sites for hydroxylation is 2. The molecule has 98 valence electrons. The van der Waals surface area contributed by atoms with Gasteiger partial charge in [-0.15, -0.1) is 0 Å². The van der Waals surface area contributed by atoms with E-state index < -0.39 is 0 Å². The number of hydrogen-bond donors (Lipinski definition) is 2. The van der Waals surface area contributed by atoms with Gasteiger partial charge in [-0.2, -0.15) is 0 Å². The van der Waals surface area contributed by atoms with Crippen molar-refractivity contribution in [2.45, 2.75) is 44.2 Å². The molecule has 0 aromatic heterocycles. The molecule has 2 aliphatic rings. The third-order valence-electron chi connectivity index (χ3n) is 4.13. The van der Waals surface area contributed by atoms with Gasteiger partial charge in [-0.1, -0.05) is 6.07 Å². The Balaban J connectivity index is 1.70. The van der Waals surface area contributed by atoms with Crippen molar-refractivity contribution in [3.8, 4) is 5.75 Å². The molecule has 1 aromatic rings. The summed E-state index contributed by atoms with van der Waals surface area (Å²) in [4.78, 5) is 0. The number of ether oxygens (including phenoxy) is 1. The zero-order valence-corrected chi connectivity index (χ0v) is 10.6. The van der Waals surface area contributed by atoms with Gasteiger partial charge in [0.25, 0.3) is 0 Å². The summed E-state index contributed by atoms with van der Waals surface area (Å²) in [5.41, 5.74) is 8.94. The normalized spacial score (nSPS) is 21.4. The van der Waals surface area contributed by atoms with E-state index >= 15 is 0 Å². The fraction of sp³-hybridized carbons (Fsp3) is 0.600. The average molecular weight is 247 g/mol. The van der Waals surface area contributed by atoms with Crippen molar-refractivity contribution >= 4 is 0 Å². The number of hydrogen-bond acceptors (Lipinski definition) is 3. The monoisotopic (exact) mass is 247 g/mol. The molecule has 0 heterocycles. The van der Waals surface area contributed by atoms with E-state index in [-0.39, 0.29) is 18.8 Å². The van der Waals surface area contributed by atoms with E-state index in [1.807, 2.05) is 6.07 Å². The van der Waals surface area contributed by atoms with Gasteiger partial charge in [0.05, 0.1) is 6.61 Å². The fourth-order valence-electron chi connectivity index (χ4n) is 2.82. The quantitative estimate of drug-likeness (QED) is 0.832. The molecule has 0 bridgehead atoms. The Kier molecular flexibility index (Phi) is 3.27. The van der Waals surface area contributed by atoms with Gasteiger partial charge in [0, 0.05) is 6.04 Å². The van der Waals surface area contributed by atoms with E-state index in [0.717, 1.165) is 12.2 Å². The second-order valence-corrected chi connectivity index (χ2v) is 5.54. The van der Waals surface area contributed by atoms with E-state index in [0.29, 0.717) is 5.92 Å². The first-order valence-electron chi connectivity index (χ1n) is 6.93. The van der Waals surface area contributed by atoms with Gasteiger partial charge in [0.15, 0.2) is 0 Å². The molecule has 1 fully saturated rings. The Morgan fingerprint density at radius 1 is 1.28 bits per heavy atom. The molecule has 3 nitrogen and oxygen atoms in total. The molecule has 0 radical (unpaired) electrons. The molecule has 3 heteroatoms. The van der Waals surface area contributed by atoms with Crippen molar-refractivity contribution < 1.29 is 9.84 Å². The lowest BCUT2D eigenvalue weighted by Crippen LogP contribution is -2.43. The number of aliphatic hydroxyl groups excluding tert-OH is 1. The van der Waals surface area contributed by atoms with Gasteiger partial charge in [-0.05, 0) is 61.3 Å². The van der Waals surface area contributed by atoms with E-state index in [2.05, 4.69) is 12.1 Å². The van der Waals surface area contributed by atoms with Gasteiger partial charge in [0.2, 0.25) is 0 Å². The largest absolute Gasteiger partial charge is 0.486 e. The molecular weight excluding hydrogens is 226 g/mol. The first-order valence-corrected chi connectivity index (χ1v) is 6.93. The number of fused-ring (bicyclic) bond motifs is 1. The van der Waals surface area contributed by atoms with Gasteiger partial charge in [-0.25, -0.2) is 0 Å². The number of aliphatic hydroxyl groups is 1. The van der Waals surface area contributed by atoms with Crippen LogP contribution in [0.3, 0.4) is 0 Å². The van der Waals surface area contributed by atoms with Crippen LogP contribution in [0.4, 0.5) is 0 Å². The molecule has 2 aliphatic carbocycles. The lowest BCUT2D eigenvalue weighted by Gasteiger charge is -2.23. The molecule has 1 saturated carbocycles. The van der Waals surface area contributed by atoms with E-state index in [1.54, 1.807) is 0 Å². The summed E-state index contributed by atoms with van der Waals surface area (Å²) in [6.45, 7) is -0.00521. The molecule has 2 atom stereocenters. The highest BCUT2D eigenvalue weighted by atomic mass is 16.5. The van der Waals surface area contributed by atoms with Crippen LogP contribution in [-0.4, -0.2) is 23.9 Å². The van der Waals surface area contributed by atoms with E-state index in [4.69, 9.17) is 10.5 Å². The highest BCUT2D eigenvalue weighted by molar-refractivity contribution is 5.38. The first-order chi connectivity index (χ1) is 8.78. The molecule has 0 amide bonds. The van der Waals surface area contributed by atoms with Gasteiger partial charge < -0.3 is 15.6 Å². The smallest absolute Gasteiger partial charge is 0.137 e. The average Bonchev–Trinajstić information content (AvgIpc) is 3.13. The molecule has 0 aliphatic heterocycles. The number of rotatable bonds is 5. The minimum atomic E-state index is -0.267. The first kappa shape index (κ1) is 12.0. The molecule has 18 heavy (non-hydrogen) atoms. The predicted molar refractivity (Wildman–Crippen MR) is 70.7 cm³/mol. The maximum atomic E-state index is 9.42. The molecule has 3 N–H and O–H groups in total. The minimum absolute atomic E-state index is 0.00521. The maximum Gasteiger partial charge on any atom is 0.137 e. The summed E-state index contributed by atoms with van der Waals surface area (Å²) in [6, 6.07) is 6.23. The van der Waals surface area contributed by atoms with Crippen LogP contribution < -0.4 is 10.5 Å². The molecule has 3 rings (SSSR count). The summed E-state index contributed by atoms with van der Waals surface area (Å²) in [5, 5.41) is 9.42. The topological polar surface area (TPSA) is 55.5 Å². The fourth-order valence-corrected chi connectivity index (χ4v) is 2.82. The van der Waals surface area contributed by atoms with Crippen LogP contribution in [0.2, 0.25) is 0 Å². The Morgan fingerprint density at radius 3 is 2.78 bits per heavy atom. The summed E-state index contributed by atoms with van der Waals surface area (Å²) in [6.07, 6.45) is 5.64. The Hall–Kier alpha value is -1.06. The second-order valence-electron chi connectivity index (χ2n) is 5.54. The van der Waals surface area contributed by atoms with Crippen molar-refractivity contribution in [2.75, 3.05) is 6.61 Å². The summed E-state index contributed by atoms with van der Waals surface area (Å²) in [7, 11) is 0. The summed E-state index contributed by atoms with van der Waals surface area (Å²) >= 11 is 0. The Morgan fingerprint density at radius 2 is 2.06 bits per heavy atom. The number of nitrogens with two attached hydrogens (primary N) is 1. The zero-order chi connectivity index (χ0) is 12.5.